The molecule has 0 bridgehead atoms. The van der Waals surface area contributed by atoms with Crippen molar-refractivity contribution in [1.29, 1.82) is 0 Å². The molecule has 11 heteroatoms. The van der Waals surface area contributed by atoms with E-state index in [1.54, 1.807) is 12.1 Å². The molecule has 0 radical (unpaired) electrons. The number of rotatable bonds is 22. The number of fused-ring (bicyclic) bond motifs is 1. The van der Waals surface area contributed by atoms with Crippen molar-refractivity contribution in [1.82, 2.24) is 15.5 Å². The number of Topliss-reactive ketones (excluding diaryl/α,β-unsaturated/α-hetero) is 2. The van der Waals surface area contributed by atoms with E-state index in [9.17, 15) is 23.6 Å². The van der Waals surface area contributed by atoms with Crippen LogP contribution in [0.2, 0.25) is 0 Å². The molecule has 1 aromatic heterocycles. The monoisotopic (exact) mass is 718 g/mol. The number of nitrogens with one attached hydrogen (secondary N) is 2. The van der Waals surface area contributed by atoms with Gasteiger partial charge in [0.25, 0.3) is 0 Å². The fraction of sp³-hybridized carbons (Fsp3) is 0.425. The smallest absolute Gasteiger partial charge is 0.321 e. The molecule has 9 nitrogen and oxygen atoms in total. The summed E-state index contributed by atoms with van der Waals surface area (Å²) in [5.74, 6) is -1.72. The molecular formula is C40H51FN4O5S. The maximum Gasteiger partial charge on any atom is 0.321 e. The number of aryl methyl sites for hydroxylation is 1. The number of carbonyl (C=O) groups is 4. The summed E-state index contributed by atoms with van der Waals surface area (Å²) in [5, 5.41) is 20.0. The Bertz CT molecular complexity index is 1760. The van der Waals surface area contributed by atoms with Gasteiger partial charge in [0, 0.05) is 37.6 Å². The van der Waals surface area contributed by atoms with Crippen LogP contribution in [0.5, 0.6) is 0 Å². The first-order valence-corrected chi connectivity index (χ1v) is 17.7. The minimum Gasteiger partial charge on any atom is -0.480 e. The zero-order valence-electron chi connectivity index (χ0n) is 29.4. The summed E-state index contributed by atoms with van der Waals surface area (Å²) in [6.45, 7) is 2.41. The van der Waals surface area contributed by atoms with Gasteiger partial charge in [0.05, 0.1) is 17.6 Å². The Balaban J connectivity index is 0.00000702. The van der Waals surface area contributed by atoms with Gasteiger partial charge in [-0.1, -0.05) is 99.0 Å². The number of hydrogen-bond donors (Lipinski definition) is 4. The molecule has 1 heterocycles. The molecule has 1 atom stereocenters. The van der Waals surface area contributed by atoms with Crippen molar-refractivity contribution in [2.24, 2.45) is 5.73 Å². The highest BCUT2D eigenvalue weighted by Gasteiger charge is 2.17. The lowest BCUT2D eigenvalue weighted by Gasteiger charge is -2.08. The summed E-state index contributed by atoms with van der Waals surface area (Å²) in [5.41, 5.74) is 11.1. The summed E-state index contributed by atoms with van der Waals surface area (Å²) in [6, 6.07) is 17.4. The maximum atomic E-state index is 14.1. The van der Waals surface area contributed by atoms with Crippen molar-refractivity contribution < 1.29 is 28.7 Å². The molecule has 0 unspecified atom stereocenters. The molecular weight excluding hydrogens is 668 g/mol. The van der Waals surface area contributed by atoms with Gasteiger partial charge in [0.1, 0.15) is 23.4 Å². The van der Waals surface area contributed by atoms with Crippen molar-refractivity contribution in [3.8, 4) is 11.1 Å². The number of aromatic nitrogens is 2. The number of H-pyrrole nitrogens is 1. The molecule has 0 aliphatic heterocycles. The van der Waals surface area contributed by atoms with E-state index in [-0.39, 0.29) is 56.0 Å². The van der Waals surface area contributed by atoms with Crippen molar-refractivity contribution >= 4 is 47.8 Å². The van der Waals surface area contributed by atoms with E-state index in [0.717, 1.165) is 96.6 Å². The van der Waals surface area contributed by atoms with E-state index < -0.39 is 12.0 Å². The predicted octanol–water partition coefficient (Wildman–Crippen LogP) is 7.08. The zero-order valence-corrected chi connectivity index (χ0v) is 30.4. The molecule has 5 N–H and O–H groups in total. The second-order valence-corrected chi connectivity index (χ2v) is 13.2. The number of hydrogen-bond acceptors (Lipinski definition) is 6. The van der Waals surface area contributed by atoms with Crippen molar-refractivity contribution in [3.05, 3.63) is 88.9 Å². The van der Waals surface area contributed by atoms with E-state index in [2.05, 4.69) is 15.5 Å². The van der Waals surface area contributed by atoms with Crippen LogP contribution in [-0.4, -0.2) is 51.3 Å². The molecule has 0 spiro atoms. The van der Waals surface area contributed by atoms with Gasteiger partial charge in [-0.3, -0.25) is 24.3 Å². The van der Waals surface area contributed by atoms with Crippen LogP contribution in [0, 0.1) is 12.7 Å². The molecule has 0 aliphatic carbocycles. The molecule has 0 aliphatic rings. The van der Waals surface area contributed by atoms with Gasteiger partial charge in [-0.2, -0.15) is 18.6 Å². The number of aromatic amines is 1. The van der Waals surface area contributed by atoms with Crippen LogP contribution in [0.4, 0.5) is 4.39 Å². The van der Waals surface area contributed by atoms with Crippen LogP contribution in [0.15, 0.2) is 60.7 Å². The number of carbonyl (C=O) groups excluding carboxylic acids is 3. The third kappa shape index (κ3) is 13.4. The quantitative estimate of drug-likeness (QED) is 0.0634. The summed E-state index contributed by atoms with van der Waals surface area (Å²) in [7, 11) is 0. The number of aliphatic carboxylic acids is 1. The van der Waals surface area contributed by atoms with Crippen molar-refractivity contribution in [3.63, 3.8) is 0 Å². The lowest BCUT2D eigenvalue weighted by atomic mass is 9.95. The molecule has 0 saturated carbocycles. The van der Waals surface area contributed by atoms with E-state index in [4.69, 9.17) is 10.8 Å². The topological polar surface area (TPSA) is 155 Å². The Morgan fingerprint density at radius 2 is 1.51 bits per heavy atom. The third-order valence-electron chi connectivity index (χ3n) is 8.96. The van der Waals surface area contributed by atoms with Crippen molar-refractivity contribution in [2.45, 2.75) is 103 Å². The molecule has 3 aromatic carbocycles. The summed E-state index contributed by atoms with van der Waals surface area (Å²) >= 11 is 0. The first kappa shape index (κ1) is 41.1. The van der Waals surface area contributed by atoms with Gasteiger partial charge < -0.3 is 16.2 Å². The van der Waals surface area contributed by atoms with Gasteiger partial charge >= 0.3 is 5.97 Å². The molecule has 0 fully saturated rings. The van der Waals surface area contributed by atoms with Crippen LogP contribution < -0.4 is 11.1 Å². The SMILES string of the molecule is Cc1ccc(F)c(CC(=O)Cc2ccc(-c3cccc4n[nH]c(CC(=O)CCCCCCCCCCCNC(=O)C[C@H](N)C(=O)O)c34)cc2)c1.S. The van der Waals surface area contributed by atoms with E-state index in [1.165, 1.54) is 6.07 Å². The van der Waals surface area contributed by atoms with Gasteiger partial charge in [0.15, 0.2) is 0 Å². The summed E-state index contributed by atoms with van der Waals surface area (Å²) in [6.07, 6.45) is 10.2. The van der Waals surface area contributed by atoms with Crippen LogP contribution in [0.3, 0.4) is 0 Å². The van der Waals surface area contributed by atoms with Crippen molar-refractivity contribution in [2.75, 3.05) is 6.54 Å². The fourth-order valence-electron chi connectivity index (χ4n) is 6.20. The van der Waals surface area contributed by atoms with Crippen LogP contribution >= 0.6 is 13.5 Å². The maximum absolute atomic E-state index is 14.1. The van der Waals surface area contributed by atoms with Gasteiger partial charge in [-0.25, -0.2) is 4.39 Å². The van der Waals surface area contributed by atoms with Crippen LogP contribution in [0.1, 0.15) is 93.0 Å². The largest absolute Gasteiger partial charge is 0.480 e. The van der Waals surface area contributed by atoms with Crippen LogP contribution in [0.25, 0.3) is 22.0 Å². The number of carboxylic acids is 1. The first-order chi connectivity index (χ1) is 24.1. The zero-order chi connectivity index (χ0) is 35.9. The summed E-state index contributed by atoms with van der Waals surface area (Å²) in [4.78, 5) is 48.0. The second kappa shape index (κ2) is 21.1. The summed E-state index contributed by atoms with van der Waals surface area (Å²) < 4.78 is 14.1. The highest BCUT2D eigenvalue weighted by Crippen LogP contribution is 2.31. The Labute approximate surface area is 306 Å². The lowest BCUT2D eigenvalue weighted by Crippen LogP contribution is -2.37. The average molecular weight is 719 g/mol. The minimum absolute atomic E-state index is 0. The number of halogens is 1. The van der Waals surface area contributed by atoms with Gasteiger partial charge in [0.2, 0.25) is 5.91 Å². The number of ketones is 2. The average Bonchev–Trinajstić information content (AvgIpc) is 3.49. The number of unbranched alkanes of at least 4 members (excludes halogenated alkanes) is 8. The Morgan fingerprint density at radius 1 is 0.843 bits per heavy atom. The molecule has 1 amide bonds. The van der Waals surface area contributed by atoms with Crippen LogP contribution in [-0.2, 0) is 38.4 Å². The highest BCUT2D eigenvalue weighted by atomic mass is 32.1. The van der Waals surface area contributed by atoms with Gasteiger partial charge in [-0.15, -0.1) is 0 Å². The standard InChI is InChI=1S/C40H49FN4O5.H2S/c1-27-15-20-34(41)30(22-27)24-32(47)23-28-16-18-29(19-17-28)33-13-11-14-36-39(33)37(45-44-36)25-31(46)12-9-7-5-3-2-4-6-8-10-21-43-38(48)26-35(42)40(49)50;/h11,13-20,22,35H,2-10,12,21,23-26,42H2,1H3,(H,43,48)(H,44,45)(H,49,50);1H2/t35-;/m0./s1. The second-order valence-electron chi connectivity index (χ2n) is 13.2. The Kier molecular flexibility index (Phi) is 17.0. The van der Waals surface area contributed by atoms with E-state index in [1.807, 2.05) is 49.4 Å². The molecule has 4 aromatic rings. The van der Waals surface area contributed by atoms with Gasteiger partial charge in [-0.05, 0) is 54.2 Å². The Morgan fingerprint density at radius 3 is 2.20 bits per heavy atom. The normalized spacial score (nSPS) is 11.6. The fourth-order valence-corrected chi connectivity index (χ4v) is 6.20. The molecule has 4 rings (SSSR count). The number of amides is 1. The number of nitrogens with two attached hydrogens (primary N) is 1. The lowest BCUT2D eigenvalue weighted by molar-refractivity contribution is -0.140. The number of benzene rings is 3. The minimum atomic E-state index is -1.17. The Hall–Kier alpha value is -4.35. The van der Waals surface area contributed by atoms with E-state index in [0.29, 0.717) is 24.9 Å². The number of nitrogens with zero attached hydrogens (tertiary/aromatic N) is 1. The number of carboxylic acid groups (broad SMARTS) is 1. The molecule has 51 heavy (non-hydrogen) atoms. The van der Waals surface area contributed by atoms with E-state index >= 15 is 0 Å². The molecule has 0 saturated heterocycles. The first-order valence-electron chi connectivity index (χ1n) is 17.7. The predicted molar refractivity (Wildman–Crippen MR) is 204 cm³/mol. The highest BCUT2D eigenvalue weighted by molar-refractivity contribution is 7.59. The molecule has 274 valence electrons. The third-order valence-corrected chi connectivity index (χ3v) is 8.96.